The van der Waals surface area contributed by atoms with Gasteiger partial charge in [-0.1, -0.05) is 61.5 Å². The van der Waals surface area contributed by atoms with E-state index in [4.69, 9.17) is 14.0 Å². The molecule has 4 saturated heterocycles. The third kappa shape index (κ3) is 9.56. The Morgan fingerprint density at radius 2 is 1.74 bits per heavy atom. The van der Waals surface area contributed by atoms with Gasteiger partial charge < -0.3 is 29.1 Å². The van der Waals surface area contributed by atoms with E-state index in [2.05, 4.69) is 39.4 Å². The monoisotopic (exact) mass is 941 g/mol. The summed E-state index contributed by atoms with van der Waals surface area (Å²) in [5, 5.41) is 6.25. The average molecular weight is 942 g/mol. The highest BCUT2D eigenvalue weighted by Gasteiger charge is 2.59. The Balaban J connectivity index is 0.954. The van der Waals surface area contributed by atoms with Crippen LogP contribution in [0.4, 0.5) is 4.39 Å². The molecule has 1 aliphatic carbocycles. The molecule has 2 unspecified atom stereocenters. The van der Waals surface area contributed by atoms with Gasteiger partial charge in [-0.2, -0.15) is 0 Å². The molecule has 5 fully saturated rings. The number of likely N-dealkylation sites (N-methyl/N-ethyl adjacent to an activating group) is 1. The van der Waals surface area contributed by atoms with E-state index in [1.807, 2.05) is 30.0 Å². The van der Waals surface area contributed by atoms with E-state index in [1.165, 1.54) is 36.0 Å². The van der Waals surface area contributed by atoms with Crippen molar-refractivity contribution in [3.05, 3.63) is 101 Å². The number of alkyl halides is 1. The molecule has 3 amide bonds. The summed E-state index contributed by atoms with van der Waals surface area (Å²) in [7, 11) is -2.34. The molecule has 3 aromatic carbocycles. The number of likely N-dealkylation sites (tertiary alicyclic amines) is 1. The maximum Gasteiger partial charge on any atom is 0.355 e. The first kappa shape index (κ1) is 46.5. The number of halogens is 1. The second kappa shape index (κ2) is 19.5. The van der Waals surface area contributed by atoms with Crippen LogP contribution in [0.1, 0.15) is 111 Å². The smallest absolute Gasteiger partial charge is 0.355 e. The molecule has 4 aromatic rings. The highest BCUT2D eigenvalue weighted by atomic mass is 32.1. The molecule has 66 heavy (non-hydrogen) atoms. The van der Waals surface area contributed by atoms with Gasteiger partial charge in [0.2, 0.25) is 17.7 Å². The van der Waals surface area contributed by atoms with Crippen LogP contribution in [0.3, 0.4) is 0 Å². The molecule has 16 heteroatoms. The zero-order valence-corrected chi connectivity index (χ0v) is 39.7. The number of thiophene rings is 1. The lowest BCUT2D eigenvalue weighted by Gasteiger charge is -2.42. The fourth-order valence-electron chi connectivity index (χ4n) is 10.7. The molecule has 1 saturated carbocycles. The predicted octanol–water partition coefficient (Wildman–Crippen LogP) is 8.35. The minimum absolute atomic E-state index is 0.0211. The summed E-state index contributed by atoms with van der Waals surface area (Å²) in [6.07, 6.45) is 7.50. The number of carbonyl (C=O) groups is 4. The number of para-hydroxylation sites is 1. The van der Waals surface area contributed by atoms with E-state index >= 15 is 4.39 Å². The SMILES string of the molecule is CCCOC(=O)[C@H](C)NP(=O)(Oc1ccccc1)[C@@H](F)c1ccc2sc(C(=O)NC3CC[C@H](N(C)[C@@H]4CCOC4)C[C@H]4CC[C@@H](C(=O)N5C[C@H](c6ccccc6)CC56CC6)N4C3=O)cc2c1. The number of hydrogen-bond donors (Lipinski definition) is 2. The highest BCUT2D eigenvalue weighted by molar-refractivity contribution is 7.57. The van der Waals surface area contributed by atoms with Crippen LogP contribution in [-0.2, 0) is 28.4 Å². The number of nitrogens with one attached hydrogen (secondary N) is 2. The number of benzene rings is 3. The normalized spacial score (nSPS) is 26.7. The van der Waals surface area contributed by atoms with Gasteiger partial charge in [0.15, 0.2) is 0 Å². The summed E-state index contributed by atoms with van der Waals surface area (Å²) in [6.45, 7) is 5.46. The van der Waals surface area contributed by atoms with E-state index in [0.29, 0.717) is 66.8 Å². The molecule has 2 N–H and O–H groups in total. The number of ether oxygens (including phenoxy) is 2. The lowest BCUT2D eigenvalue weighted by Crippen LogP contribution is -2.59. The van der Waals surface area contributed by atoms with Crippen molar-refractivity contribution < 1.29 is 42.1 Å². The number of hydrogen-bond acceptors (Lipinski definition) is 10. The van der Waals surface area contributed by atoms with E-state index in [9.17, 15) is 23.7 Å². The van der Waals surface area contributed by atoms with Crippen molar-refractivity contribution in [2.75, 3.05) is 33.4 Å². The van der Waals surface area contributed by atoms with Crippen molar-refractivity contribution in [2.45, 2.75) is 132 Å². The molecule has 4 aliphatic heterocycles. The van der Waals surface area contributed by atoms with Crippen molar-refractivity contribution in [1.82, 2.24) is 25.1 Å². The van der Waals surface area contributed by atoms with Crippen molar-refractivity contribution in [3.63, 3.8) is 0 Å². The maximum atomic E-state index is 16.7. The van der Waals surface area contributed by atoms with E-state index in [0.717, 1.165) is 32.1 Å². The zero-order chi connectivity index (χ0) is 46.2. The first-order valence-electron chi connectivity index (χ1n) is 23.6. The van der Waals surface area contributed by atoms with Gasteiger partial charge in [-0.25, -0.2) is 9.48 Å². The minimum Gasteiger partial charge on any atom is -0.465 e. The summed E-state index contributed by atoms with van der Waals surface area (Å²) >= 11 is 1.21. The lowest BCUT2D eigenvalue weighted by atomic mass is 9.92. The van der Waals surface area contributed by atoms with Gasteiger partial charge in [-0.05, 0) is 125 Å². The van der Waals surface area contributed by atoms with Crippen molar-refractivity contribution >= 4 is 52.6 Å². The first-order valence-corrected chi connectivity index (χ1v) is 26.1. The van der Waals surface area contributed by atoms with Gasteiger partial charge in [0.1, 0.15) is 23.9 Å². The molecule has 1 spiro atoms. The molecular formula is C50H61FN5O8PS. The second-order valence-electron chi connectivity index (χ2n) is 18.9. The predicted molar refractivity (Wildman–Crippen MR) is 251 cm³/mol. The van der Waals surface area contributed by atoms with Crippen LogP contribution in [0.5, 0.6) is 5.75 Å². The van der Waals surface area contributed by atoms with Crippen LogP contribution in [0.25, 0.3) is 10.1 Å². The summed E-state index contributed by atoms with van der Waals surface area (Å²) in [6, 6.07) is 22.5. The van der Waals surface area contributed by atoms with E-state index in [1.54, 1.807) is 42.5 Å². The van der Waals surface area contributed by atoms with Gasteiger partial charge >= 0.3 is 13.5 Å². The van der Waals surface area contributed by atoms with Gasteiger partial charge in [-0.3, -0.25) is 28.6 Å². The number of fused-ring (bicyclic) bond motifs is 2. The fraction of sp³-hybridized carbons (Fsp3) is 0.520. The number of amides is 3. The van der Waals surface area contributed by atoms with Crippen LogP contribution >= 0.6 is 18.9 Å². The first-order chi connectivity index (χ1) is 31.9. The molecule has 13 nitrogen and oxygen atoms in total. The Morgan fingerprint density at radius 3 is 2.45 bits per heavy atom. The third-order valence-electron chi connectivity index (χ3n) is 14.5. The maximum absolute atomic E-state index is 16.7. The van der Waals surface area contributed by atoms with Crippen molar-refractivity contribution in [3.8, 4) is 5.75 Å². The summed E-state index contributed by atoms with van der Waals surface area (Å²) in [4.78, 5) is 63.5. The average Bonchev–Trinajstić information content (AvgIpc) is 3.79. The Kier molecular flexibility index (Phi) is 13.7. The van der Waals surface area contributed by atoms with Crippen LogP contribution in [0, 0.1) is 0 Å². The van der Waals surface area contributed by atoms with Crippen LogP contribution in [0.15, 0.2) is 84.9 Å². The molecule has 5 aliphatic rings. The number of esters is 1. The van der Waals surface area contributed by atoms with Crippen LogP contribution < -0.4 is 14.9 Å². The van der Waals surface area contributed by atoms with Crippen molar-refractivity contribution in [1.29, 1.82) is 0 Å². The third-order valence-corrected chi connectivity index (χ3v) is 17.7. The van der Waals surface area contributed by atoms with Gasteiger partial charge in [0.05, 0.1) is 18.1 Å². The molecule has 9 atom stereocenters. The molecule has 1 aromatic heterocycles. The van der Waals surface area contributed by atoms with Crippen molar-refractivity contribution in [2.24, 2.45) is 0 Å². The van der Waals surface area contributed by atoms with Gasteiger partial charge in [0, 0.05) is 47.4 Å². The Bertz CT molecular complexity index is 2450. The largest absolute Gasteiger partial charge is 0.465 e. The quantitative estimate of drug-likeness (QED) is 0.0881. The van der Waals surface area contributed by atoms with Crippen LogP contribution in [-0.4, -0.2) is 114 Å². The molecule has 9 rings (SSSR count). The second-order valence-corrected chi connectivity index (χ2v) is 22.1. The molecule has 0 radical (unpaired) electrons. The Labute approximate surface area is 390 Å². The minimum atomic E-state index is -4.47. The Hall–Kier alpha value is -4.66. The molecule has 5 heterocycles. The molecular weight excluding hydrogens is 881 g/mol. The topological polar surface area (TPSA) is 147 Å². The Morgan fingerprint density at radius 1 is 0.985 bits per heavy atom. The molecule has 352 valence electrons. The lowest BCUT2D eigenvalue weighted by molar-refractivity contribution is -0.148. The van der Waals surface area contributed by atoms with Gasteiger partial charge in [0.25, 0.3) is 5.91 Å². The number of rotatable bonds is 15. The number of carbonyl (C=O) groups excluding carboxylic acids is 4. The zero-order valence-electron chi connectivity index (χ0n) is 37.9. The van der Waals surface area contributed by atoms with Crippen LogP contribution in [0.2, 0.25) is 0 Å². The molecule has 0 bridgehead atoms. The van der Waals surface area contributed by atoms with E-state index < -0.39 is 43.4 Å². The summed E-state index contributed by atoms with van der Waals surface area (Å²) in [5.41, 5.74) is 1.11. The fourth-order valence-corrected chi connectivity index (χ4v) is 13.6. The summed E-state index contributed by atoms with van der Waals surface area (Å²) < 4.78 is 48.7. The summed E-state index contributed by atoms with van der Waals surface area (Å²) in [5.74, 6) is -3.12. The standard InChI is InChI=1S/C50H61FN5O8PS/c1-4-24-63-49(60)32(2)53-65(61,64-40-13-9-6-10-14-40)45(51)34-15-20-43-35(26-34)27-44(66-43)46(57)52-41-18-16-37(54(3)39-21-25-62-31-39)28-38-17-19-42(56(38)47(41)58)48(59)55-30-36(29-50(55)22-23-50)33-11-7-5-8-12-33/h5-15,20,26-27,32,36-39,41-42,45H,4,16-19,21-25,28-31H2,1-3H3,(H,52,57)(H,53,61)/t32-,36+,37-,38+,39+,41?,42-,45+,65?/m0/s1. The number of nitrogens with zero attached hydrogens (tertiary/aromatic N) is 3. The highest BCUT2D eigenvalue weighted by Crippen LogP contribution is 2.58. The van der Waals surface area contributed by atoms with E-state index in [-0.39, 0.29) is 59.3 Å². The van der Waals surface area contributed by atoms with Gasteiger partial charge in [-0.15, -0.1) is 11.3 Å².